The molecule has 0 aromatic carbocycles. The number of aromatic nitrogens is 1. The zero-order valence-electron chi connectivity index (χ0n) is 9.35. The van der Waals surface area contributed by atoms with E-state index in [9.17, 15) is 9.59 Å². The molecule has 7 heteroatoms. The van der Waals surface area contributed by atoms with E-state index in [2.05, 4.69) is 10.3 Å². The Balaban J connectivity index is 2.40. The van der Waals surface area contributed by atoms with Crippen LogP contribution in [0.4, 0.5) is 0 Å². The normalized spacial score (nSPS) is 9.33. The highest BCUT2D eigenvalue weighted by Gasteiger charge is 2.13. The fraction of sp³-hybridized carbons (Fsp3) is 0.273. The molecule has 0 atom stereocenters. The van der Waals surface area contributed by atoms with Crippen LogP contribution in [0.5, 0.6) is 0 Å². The molecule has 0 spiro atoms. The van der Waals surface area contributed by atoms with E-state index in [0.29, 0.717) is 0 Å². The largest absolute Gasteiger partial charge is 0.452 e. The topological polar surface area (TPSA) is 92.1 Å². The van der Waals surface area contributed by atoms with Gasteiger partial charge >= 0.3 is 5.97 Å². The molecule has 0 fully saturated rings. The average molecular weight is 268 g/mol. The Morgan fingerprint density at radius 3 is 3.00 bits per heavy atom. The summed E-state index contributed by atoms with van der Waals surface area (Å²) in [5.74, 6) is -1.19. The molecule has 0 aliphatic carbocycles. The van der Waals surface area contributed by atoms with Gasteiger partial charge in [-0.1, -0.05) is 11.6 Å². The predicted octanol–water partition coefficient (Wildman–Crippen LogP) is 0.922. The van der Waals surface area contributed by atoms with Crippen molar-refractivity contribution in [3.8, 4) is 6.07 Å². The van der Waals surface area contributed by atoms with Crippen molar-refractivity contribution in [2.24, 2.45) is 0 Å². The van der Waals surface area contributed by atoms with Crippen molar-refractivity contribution < 1.29 is 14.3 Å². The SMILES string of the molecule is N#CCCNC(=O)COC(=O)c1cccnc1Cl. The molecule has 0 radical (unpaired) electrons. The Labute approximate surface area is 109 Å². The lowest BCUT2D eigenvalue weighted by Crippen LogP contribution is -2.29. The fourth-order valence-electron chi connectivity index (χ4n) is 1.06. The van der Waals surface area contributed by atoms with Crippen LogP contribution in [0.15, 0.2) is 18.3 Å². The van der Waals surface area contributed by atoms with E-state index in [4.69, 9.17) is 21.6 Å². The molecule has 1 rings (SSSR count). The van der Waals surface area contributed by atoms with Crippen molar-refractivity contribution in [2.45, 2.75) is 6.42 Å². The quantitative estimate of drug-likeness (QED) is 0.486. The van der Waals surface area contributed by atoms with Crippen LogP contribution in [0.2, 0.25) is 5.15 Å². The molecular formula is C11H10ClN3O3. The van der Waals surface area contributed by atoms with Gasteiger partial charge < -0.3 is 10.1 Å². The van der Waals surface area contributed by atoms with Gasteiger partial charge in [0.25, 0.3) is 5.91 Å². The van der Waals surface area contributed by atoms with Gasteiger partial charge in [0.15, 0.2) is 6.61 Å². The van der Waals surface area contributed by atoms with Crippen LogP contribution >= 0.6 is 11.6 Å². The third-order valence-corrected chi connectivity index (χ3v) is 2.17. The number of nitrogens with zero attached hydrogens (tertiary/aromatic N) is 2. The number of nitriles is 1. The Hall–Kier alpha value is -2.13. The highest BCUT2D eigenvalue weighted by Crippen LogP contribution is 2.12. The molecule has 94 valence electrons. The average Bonchev–Trinajstić information content (AvgIpc) is 2.37. The minimum atomic E-state index is -0.719. The van der Waals surface area contributed by atoms with E-state index in [0.717, 1.165) is 0 Å². The van der Waals surface area contributed by atoms with Crippen LogP contribution in [-0.4, -0.2) is 30.0 Å². The Morgan fingerprint density at radius 2 is 2.33 bits per heavy atom. The second-order valence-electron chi connectivity index (χ2n) is 3.18. The molecule has 1 aromatic rings. The lowest BCUT2D eigenvalue weighted by atomic mass is 10.3. The molecular weight excluding hydrogens is 258 g/mol. The number of rotatable bonds is 5. The summed E-state index contributed by atoms with van der Waals surface area (Å²) in [6.07, 6.45) is 1.64. The summed E-state index contributed by atoms with van der Waals surface area (Å²) >= 11 is 5.69. The number of halogens is 1. The van der Waals surface area contributed by atoms with Gasteiger partial charge in [-0.3, -0.25) is 4.79 Å². The molecule has 0 saturated heterocycles. The maximum atomic E-state index is 11.5. The number of hydrogen-bond acceptors (Lipinski definition) is 5. The Morgan fingerprint density at radius 1 is 1.56 bits per heavy atom. The number of pyridine rings is 1. The fourth-order valence-corrected chi connectivity index (χ4v) is 1.25. The third kappa shape index (κ3) is 4.39. The number of nitrogens with one attached hydrogen (secondary N) is 1. The lowest BCUT2D eigenvalue weighted by molar-refractivity contribution is -0.124. The molecule has 6 nitrogen and oxygen atoms in total. The Bertz CT molecular complexity index is 485. The van der Waals surface area contributed by atoms with Crippen LogP contribution in [0.1, 0.15) is 16.8 Å². The maximum Gasteiger partial charge on any atom is 0.341 e. The van der Waals surface area contributed by atoms with Gasteiger partial charge in [0.1, 0.15) is 5.15 Å². The van der Waals surface area contributed by atoms with Gasteiger partial charge in [0.05, 0.1) is 18.1 Å². The second kappa shape index (κ2) is 7.25. The number of amides is 1. The summed E-state index contributed by atoms with van der Waals surface area (Å²) in [6.45, 7) is -0.198. The summed E-state index contributed by atoms with van der Waals surface area (Å²) in [5, 5.41) is 10.7. The molecule has 0 saturated carbocycles. The molecule has 0 aliphatic heterocycles. The van der Waals surface area contributed by atoms with Crippen LogP contribution in [0, 0.1) is 11.3 Å². The van der Waals surface area contributed by atoms with Crippen molar-refractivity contribution in [3.05, 3.63) is 29.0 Å². The van der Waals surface area contributed by atoms with Gasteiger partial charge in [-0.05, 0) is 12.1 Å². The molecule has 1 N–H and O–H groups in total. The second-order valence-corrected chi connectivity index (χ2v) is 3.53. The van der Waals surface area contributed by atoms with Crippen molar-refractivity contribution >= 4 is 23.5 Å². The molecule has 18 heavy (non-hydrogen) atoms. The van der Waals surface area contributed by atoms with Crippen LogP contribution in [0.3, 0.4) is 0 Å². The highest BCUT2D eigenvalue weighted by molar-refractivity contribution is 6.32. The summed E-state index contributed by atoms with van der Waals surface area (Å²) in [4.78, 5) is 26.4. The minimum absolute atomic E-state index is 0.0207. The molecule has 1 aromatic heterocycles. The van der Waals surface area contributed by atoms with Gasteiger partial charge in [-0.25, -0.2) is 9.78 Å². The monoisotopic (exact) mass is 267 g/mol. The first-order chi connectivity index (χ1) is 8.65. The van der Waals surface area contributed by atoms with Gasteiger partial charge in [0.2, 0.25) is 0 Å². The zero-order chi connectivity index (χ0) is 13.4. The number of ether oxygens (including phenoxy) is 1. The minimum Gasteiger partial charge on any atom is -0.452 e. The molecule has 0 aliphatic rings. The van der Waals surface area contributed by atoms with E-state index >= 15 is 0 Å². The third-order valence-electron chi connectivity index (χ3n) is 1.87. The molecule has 1 amide bonds. The number of carbonyl (C=O) groups excluding carboxylic acids is 2. The van der Waals surface area contributed by atoms with Crippen LogP contribution in [0.25, 0.3) is 0 Å². The molecule has 1 heterocycles. The summed E-state index contributed by atoms with van der Waals surface area (Å²) in [7, 11) is 0. The van der Waals surface area contributed by atoms with E-state index in [-0.39, 0.29) is 23.7 Å². The first-order valence-electron chi connectivity index (χ1n) is 5.06. The number of hydrogen-bond donors (Lipinski definition) is 1. The summed E-state index contributed by atoms with van der Waals surface area (Å²) in [5.41, 5.74) is 0.101. The van der Waals surface area contributed by atoms with Gasteiger partial charge in [-0.15, -0.1) is 0 Å². The van der Waals surface area contributed by atoms with E-state index in [1.807, 2.05) is 6.07 Å². The highest BCUT2D eigenvalue weighted by atomic mass is 35.5. The molecule has 0 bridgehead atoms. The van der Waals surface area contributed by atoms with E-state index in [1.54, 1.807) is 0 Å². The smallest absolute Gasteiger partial charge is 0.341 e. The zero-order valence-corrected chi connectivity index (χ0v) is 10.1. The van der Waals surface area contributed by atoms with Crippen molar-refractivity contribution in [3.63, 3.8) is 0 Å². The van der Waals surface area contributed by atoms with E-state index < -0.39 is 18.5 Å². The Kier molecular flexibility index (Phi) is 5.61. The van der Waals surface area contributed by atoms with Crippen molar-refractivity contribution in [1.29, 1.82) is 5.26 Å². The first-order valence-corrected chi connectivity index (χ1v) is 5.44. The summed E-state index contributed by atoms with van der Waals surface area (Å²) < 4.78 is 4.74. The maximum absolute atomic E-state index is 11.5. The number of carbonyl (C=O) groups is 2. The standard InChI is InChI=1S/C11H10ClN3O3/c12-10-8(3-1-5-15-10)11(17)18-7-9(16)14-6-2-4-13/h1,3,5H,2,6-7H2,(H,14,16). The van der Waals surface area contributed by atoms with E-state index in [1.165, 1.54) is 18.3 Å². The van der Waals surface area contributed by atoms with Gasteiger partial charge in [-0.2, -0.15) is 5.26 Å². The number of esters is 1. The molecule has 0 unspecified atom stereocenters. The van der Waals surface area contributed by atoms with Crippen molar-refractivity contribution in [1.82, 2.24) is 10.3 Å². The predicted molar refractivity (Wildman–Crippen MR) is 62.8 cm³/mol. The van der Waals surface area contributed by atoms with Gasteiger partial charge in [0, 0.05) is 12.7 Å². The first kappa shape index (κ1) is 13.9. The summed E-state index contributed by atoms with van der Waals surface area (Å²) in [6, 6.07) is 4.86. The lowest BCUT2D eigenvalue weighted by Gasteiger charge is -2.05. The van der Waals surface area contributed by atoms with Crippen LogP contribution < -0.4 is 5.32 Å². The van der Waals surface area contributed by atoms with Crippen LogP contribution in [-0.2, 0) is 9.53 Å². The van der Waals surface area contributed by atoms with Crippen molar-refractivity contribution in [2.75, 3.05) is 13.2 Å².